The standard InChI is InChI=1S/C3H5.C2N2.K/c1-3-2;3-1-2-4;/h1,3H,2H3;;. The molecule has 0 fully saturated rings. The first-order valence-electron chi connectivity index (χ1n) is 2.19. The van der Waals surface area contributed by atoms with Crippen LogP contribution in [-0.2, 0) is 0 Å². The van der Waals surface area contributed by atoms with E-state index in [1.807, 2.05) is 6.92 Å². The van der Waals surface area contributed by atoms with Crippen molar-refractivity contribution in [2.24, 2.45) is 0 Å². The quantitative estimate of drug-likeness (QED) is 0.456. The average Bonchev–Trinajstić information content (AvgIpc) is 1.88. The maximum atomic E-state index is 7.26. The summed E-state index contributed by atoms with van der Waals surface area (Å²) in [5.74, 6) is 0. The van der Waals surface area contributed by atoms with Gasteiger partial charge in [-0.2, -0.15) is 10.5 Å². The first kappa shape index (κ1) is 11.2. The molecule has 0 radical (unpaired) electrons. The Balaban J connectivity index is 0. The van der Waals surface area contributed by atoms with E-state index >= 15 is 0 Å². The summed E-state index contributed by atoms with van der Waals surface area (Å²) in [6.45, 7) is 2.05. The van der Waals surface area contributed by atoms with Gasteiger partial charge in [0.15, 0.2) is 12.1 Å². The van der Waals surface area contributed by atoms with E-state index in [-0.39, 0.29) is 0 Å². The summed E-state index contributed by atoms with van der Waals surface area (Å²) in [7, 11) is 0. The molecule has 0 bridgehead atoms. The Morgan fingerprint density at radius 2 is 1.62 bits per heavy atom. The SMILES string of the molecule is CC=[CH][K].N#CC#N. The third-order valence-electron chi connectivity index (χ3n) is 0.383. The van der Waals surface area contributed by atoms with Gasteiger partial charge in [0, 0.05) is 0 Å². The van der Waals surface area contributed by atoms with Crippen LogP contribution in [0.4, 0.5) is 0 Å². The Morgan fingerprint density at radius 3 is 1.62 bits per heavy atom. The number of hydrogen-bond donors (Lipinski definition) is 0. The van der Waals surface area contributed by atoms with E-state index < -0.39 is 0 Å². The van der Waals surface area contributed by atoms with E-state index in [2.05, 4.69) is 6.25 Å². The third-order valence-corrected chi connectivity index (χ3v) is 1.42. The Bertz CT molecular complexity index is 110. The minimum Gasteiger partial charge on any atom is -0.181 e. The molecule has 2 nitrogen and oxygen atoms in total. The number of nitriles is 2. The summed E-state index contributed by atoms with van der Waals surface area (Å²) >= 11 is 0.932. The zero-order valence-corrected chi connectivity index (χ0v) is 8.17. The minimum atomic E-state index is 0.932. The minimum absolute atomic E-state index is 0.932. The van der Waals surface area contributed by atoms with Crippen LogP contribution in [0.25, 0.3) is 0 Å². The molecule has 0 aliphatic heterocycles. The maximum Gasteiger partial charge on any atom is 0.181 e. The van der Waals surface area contributed by atoms with Crippen LogP contribution in [0, 0.1) is 22.7 Å². The van der Waals surface area contributed by atoms with E-state index in [1.165, 1.54) is 12.1 Å². The van der Waals surface area contributed by atoms with Crippen LogP contribution in [0.5, 0.6) is 0 Å². The van der Waals surface area contributed by atoms with Crippen molar-refractivity contribution in [2.45, 2.75) is 6.92 Å². The molecule has 0 unspecified atom stereocenters. The first-order valence-corrected chi connectivity index (χ1v) is 3.99. The fourth-order valence-corrected chi connectivity index (χ4v) is 0. The summed E-state index contributed by atoms with van der Waals surface area (Å²) in [6.07, 6.45) is 2.08. The van der Waals surface area contributed by atoms with Crippen molar-refractivity contribution in [3.63, 3.8) is 0 Å². The van der Waals surface area contributed by atoms with Gasteiger partial charge in [0.25, 0.3) is 0 Å². The van der Waals surface area contributed by atoms with Gasteiger partial charge in [-0.05, 0) is 0 Å². The molecule has 0 saturated carbocycles. The van der Waals surface area contributed by atoms with Gasteiger partial charge >= 0.3 is 62.1 Å². The molecule has 0 N–H and O–H groups in total. The van der Waals surface area contributed by atoms with E-state index in [0.29, 0.717) is 0 Å². The molecule has 0 aliphatic carbocycles. The summed E-state index contributed by atoms with van der Waals surface area (Å²) in [6, 6.07) is 2.47. The Labute approximate surface area is 83.4 Å². The largest absolute Gasteiger partial charge is 0.181 e. The molecule has 0 aromatic heterocycles. The molecule has 3 heteroatoms. The van der Waals surface area contributed by atoms with E-state index in [1.54, 1.807) is 0 Å². The van der Waals surface area contributed by atoms with Gasteiger partial charge in [0.1, 0.15) is 0 Å². The van der Waals surface area contributed by atoms with Gasteiger partial charge in [-0.25, -0.2) is 0 Å². The van der Waals surface area contributed by atoms with E-state index in [9.17, 15) is 0 Å². The summed E-state index contributed by atoms with van der Waals surface area (Å²) in [5, 5.41) is 14.5. The zero-order chi connectivity index (χ0) is 6.83. The second-order valence-corrected chi connectivity index (χ2v) is 1.93. The molecule has 0 aliphatic rings. The zero-order valence-electron chi connectivity index (χ0n) is 5.05. The number of allylic oxidation sites excluding steroid dienone is 1. The molecule has 0 rings (SSSR count). The maximum absolute atomic E-state index is 7.26. The van der Waals surface area contributed by atoms with Crippen molar-refractivity contribution in [3.8, 4) is 12.1 Å². The Hall–Kier alpha value is 0.356. The molecule has 0 heterocycles. The fraction of sp³-hybridized carbons (Fsp3) is 0.200. The van der Waals surface area contributed by atoms with Crippen molar-refractivity contribution in [3.05, 3.63) is 6.25 Å². The van der Waals surface area contributed by atoms with Crippen molar-refractivity contribution in [2.75, 3.05) is 0 Å². The monoisotopic (exact) mass is 132 g/mol. The van der Waals surface area contributed by atoms with Crippen LogP contribution in [0.1, 0.15) is 6.92 Å². The normalized spacial score (nSPS) is 6.12. The van der Waals surface area contributed by atoms with E-state index in [0.717, 1.165) is 49.0 Å². The van der Waals surface area contributed by atoms with Crippen LogP contribution < -0.4 is 0 Å². The number of hydrogen-bond acceptors (Lipinski definition) is 2. The predicted octanol–water partition coefficient (Wildman–Crippen LogP) is 0.722. The van der Waals surface area contributed by atoms with Gasteiger partial charge in [-0.15, -0.1) is 0 Å². The van der Waals surface area contributed by atoms with Crippen LogP contribution in [-0.4, -0.2) is 49.0 Å². The number of rotatable bonds is 0. The predicted molar refractivity (Wildman–Crippen MR) is 31.8 cm³/mol. The topological polar surface area (TPSA) is 47.6 Å². The second-order valence-electron chi connectivity index (χ2n) is 0.890. The average molecular weight is 132 g/mol. The molecule has 0 spiro atoms. The van der Waals surface area contributed by atoms with Crippen LogP contribution in [0.3, 0.4) is 0 Å². The van der Waals surface area contributed by atoms with E-state index in [4.69, 9.17) is 10.5 Å². The van der Waals surface area contributed by atoms with Gasteiger partial charge in [-0.3, -0.25) is 0 Å². The molecule has 0 aromatic rings. The molecule has 0 amide bonds. The van der Waals surface area contributed by atoms with Crippen molar-refractivity contribution in [1.82, 2.24) is 0 Å². The molecule has 0 saturated heterocycles. The second kappa shape index (κ2) is 15.7. The van der Waals surface area contributed by atoms with Gasteiger partial charge in [-0.1, -0.05) is 0 Å². The van der Waals surface area contributed by atoms with Gasteiger partial charge in [0.05, 0.1) is 0 Å². The van der Waals surface area contributed by atoms with Crippen molar-refractivity contribution >= 4 is 49.0 Å². The Morgan fingerprint density at radius 1 is 1.38 bits per heavy atom. The summed E-state index contributed by atoms with van der Waals surface area (Å²) in [4.78, 5) is 0. The third kappa shape index (κ3) is 32.8. The van der Waals surface area contributed by atoms with Crippen LogP contribution >= 0.6 is 0 Å². The first-order chi connectivity index (χ1) is 3.83. The summed E-state index contributed by atoms with van der Waals surface area (Å²) in [5.41, 5.74) is 0. The van der Waals surface area contributed by atoms with Crippen LogP contribution in [0.2, 0.25) is 0 Å². The van der Waals surface area contributed by atoms with Crippen molar-refractivity contribution < 1.29 is 0 Å². The molecular formula is C5H5KN2. The molecule has 0 aromatic carbocycles. The van der Waals surface area contributed by atoms with Crippen molar-refractivity contribution in [1.29, 1.82) is 10.5 Å². The number of nitrogens with zero attached hydrogens (tertiary/aromatic N) is 2. The van der Waals surface area contributed by atoms with Crippen LogP contribution in [0.15, 0.2) is 6.25 Å². The molecule has 36 valence electrons. The molecule has 0 atom stereocenters. The molecular weight excluding hydrogens is 127 g/mol. The molecule has 8 heavy (non-hydrogen) atoms. The summed E-state index contributed by atoms with van der Waals surface area (Å²) < 4.78 is 2.19. The van der Waals surface area contributed by atoms with Gasteiger partial charge in [0.2, 0.25) is 0 Å². The smallest absolute Gasteiger partial charge is 0.181 e. The van der Waals surface area contributed by atoms with Gasteiger partial charge < -0.3 is 0 Å². The Kier molecular flexibility index (Phi) is 21.9. The fourth-order valence-electron chi connectivity index (χ4n) is 0.